The molecule has 1 rings (SSSR count). The second-order valence-corrected chi connectivity index (χ2v) is 9.81. The van der Waals surface area contributed by atoms with Gasteiger partial charge in [0.1, 0.15) is 0 Å². The Morgan fingerprint density at radius 3 is 0.780 bits per heavy atom. The van der Waals surface area contributed by atoms with Crippen LogP contribution >= 0.6 is 0 Å². The van der Waals surface area contributed by atoms with Gasteiger partial charge in [-0.25, -0.2) is 9.18 Å². The van der Waals surface area contributed by atoms with E-state index >= 15 is 4.39 Å². The lowest BCUT2D eigenvalue weighted by Crippen LogP contribution is -2.87. The minimum Gasteiger partial charge on any atom is -0.393 e. The van der Waals surface area contributed by atoms with Crippen molar-refractivity contribution in [2.24, 2.45) is 0 Å². The maximum Gasteiger partial charge on any atom is 0.473 e. The monoisotopic (exact) mass is 816 g/mol. The summed E-state index contributed by atoms with van der Waals surface area (Å²) < 4.78 is 412. The average Bonchev–Trinajstić information content (AvgIpc) is 2.89. The Balaban J connectivity index is 4.93. The normalized spacial score (nSPS) is 28.7. The zero-order valence-corrected chi connectivity index (χ0v) is 22.0. The summed E-state index contributed by atoms with van der Waals surface area (Å²) in [6.07, 6.45) is -8.27. The van der Waals surface area contributed by atoms with Crippen LogP contribution in [0.4, 0.5) is 127 Å². The summed E-state index contributed by atoms with van der Waals surface area (Å²) in [5, 5.41) is 0. The van der Waals surface area contributed by atoms with E-state index in [9.17, 15) is 128 Å². The third kappa shape index (κ3) is 4.42. The largest absolute Gasteiger partial charge is 0.473 e. The minimum atomic E-state index is -10.9. The highest BCUT2D eigenvalue weighted by atomic mass is 19.4. The Morgan fingerprint density at radius 2 is 0.600 bits per heavy atom. The van der Waals surface area contributed by atoms with Gasteiger partial charge in [0.15, 0.2) is 0 Å². The predicted molar refractivity (Wildman–Crippen MR) is 94.0 cm³/mol. The number of rotatable bonds is 5. The molecule has 0 aromatic carbocycles. The molecule has 31 heteroatoms. The first kappa shape index (κ1) is 45.2. The van der Waals surface area contributed by atoms with Crippen molar-refractivity contribution >= 4 is 5.97 Å². The van der Waals surface area contributed by atoms with Crippen molar-refractivity contribution in [2.75, 3.05) is 0 Å². The SMILES string of the molecule is C=C(C)C(=O)OC(F)(F)C(F)(F)C(F)(F)C1(F)C(F)(F)C(F)(F)C(F)(F)C(F)(F)C(F)(F)C(F)(F)C(F)(F)C(F)(F)C(F)(F)C(F)(F)C1(F)F. The standard InChI is InChI=1S/C19H5F29O2/c1-3(2)4(49)50-19(47,48)18(45,46)8(25,26)5(20)6(21,22)9(27,28)11(31,32)13(35,36)15(39,40)17(43,44)16(41,42)14(37,38)12(33,34)10(29,30)7(5,23)24/h1H2,2H3. The Hall–Kier alpha value is -2.82. The van der Waals surface area contributed by atoms with Crippen LogP contribution in [0.15, 0.2) is 12.2 Å². The van der Waals surface area contributed by atoms with E-state index in [1.165, 1.54) is 0 Å². The molecule has 0 bridgehead atoms. The third-order valence-corrected chi connectivity index (χ3v) is 6.57. The fraction of sp³-hybridized carbons (Fsp3) is 0.842. The molecule has 1 fully saturated rings. The van der Waals surface area contributed by atoms with E-state index in [0.717, 1.165) is 0 Å². The summed E-state index contributed by atoms with van der Waals surface area (Å²) in [5.41, 5.74) is -12.7. The second-order valence-electron chi connectivity index (χ2n) is 9.81. The molecule has 0 aromatic heterocycles. The van der Waals surface area contributed by atoms with Crippen molar-refractivity contribution in [2.45, 2.75) is 95.7 Å². The Bertz CT molecular complexity index is 1300. The zero-order valence-electron chi connectivity index (χ0n) is 22.0. The van der Waals surface area contributed by atoms with Gasteiger partial charge in [0.25, 0.3) is 0 Å². The molecule has 296 valence electrons. The van der Waals surface area contributed by atoms with Gasteiger partial charge in [-0.1, -0.05) is 6.58 Å². The van der Waals surface area contributed by atoms with E-state index in [-0.39, 0.29) is 6.92 Å². The van der Waals surface area contributed by atoms with Crippen molar-refractivity contribution in [3.05, 3.63) is 12.2 Å². The molecule has 0 spiro atoms. The van der Waals surface area contributed by atoms with E-state index in [0.29, 0.717) is 0 Å². The second kappa shape index (κ2) is 10.6. The number of alkyl halides is 29. The van der Waals surface area contributed by atoms with Crippen LogP contribution in [0, 0.1) is 0 Å². The van der Waals surface area contributed by atoms with Gasteiger partial charge in [-0.3, -0.25) is 0 Å². The van der Waals surface area contributed by atoms with Gasteiger partial charge in [0.05, 0.1) is 0 Å². The maximum atomic E-state index is 15.3. The van der Waals surface area contributed by atoms with Crippen LogP contribution in [0.3, 0.4) is 0 Å². The molecule has 1 aliphatic carbocycles. The predicted octanol–water partition coefficient (Wildman–Crippen LogP) is 9.68. The van der Waals surface area contributed by atoms with Crippen molar-refractivity contribution < 1.29 is 137 Å². The van der Waals surface area contributed by atoms with Crippen molar-refractivity contribution in [3.63, 3.8) is 0 Å². The lowest BCUT2D eigenvalue weighted by Gasteiger charge is -2.53. The lowest BCUT2D eigenvalue weighted by molar-refractivity contribution is -0.518. The molecule has 1 saturated carbocycles. The molecule has 0 aliphatic heterocycles. The number of carbonyl (C=O) groups is 1. The molecule has 2 nitrogen and oxygen atoms in total. The van der Waals surface area contributed by atoms with Gasteiger partial charge >= 0.3 is 94.7 Å². The van der Waals surface area contributed by atoms with Gasteiger partial charge in [-0.05, 0) is 6.92 Å². The van der Waals surface area contributed by atoms with E-state index < -0.39 is 100 Å². The molecule has 0 heterocycles. The average molecular weight is 816 g/mol. The van der Waals surface area contributed by atoms with E-state index in [1.54, 1.807) is 0 Å². The van der Waals surface area contributed by atoms with Crippen LogP contribution in [0.1, 0.15) is 6.92 Å². The van der Waals surface area contributed by atoms with Crippen LogP contribution < -0.4 is 0 Å². The molecular weight excluding hydrogens is 811 g/mol. The molecule has 0 atom stereocenters. The smallest absolute Gasteiger partial charge is 0.393 e. The molecular formula is C19H5F29O2. The molecule has 1 aliphatic rings. The fourth-order valence-electron chi connectivity index (χ4n) is 3.47. The quantitative estimate of drug-likeness (QED) is 0.157. The highest BCUT2D eigenvalue weighted by molar-refractivity contribution is 5.87. The summed E-state index contributed by atoms with van der Waals surface area (Å²) in [6.45, 7) is 2.17. The Labute approximate surface area is 252 Å². The number of halogens is 29. The first-order chi connectivity index (χ1) is 21.1. The fourth-order valence-corrected chi connectivity index (χ4v) is 3.47. The number of esters is 1. The summed E-state index contributed by atoms with van der Waals surface area (Å²) in [6, 6.07) is 0. The van der Waals surface area contributed by atoms with Crippen LogP contribution in [0.5, 0.6) is 0 Å². The van der Waals surface area contributed by atoms with Gasteiger partial charge in [0, 0.05) is 5.57 Å². The maximum absolute atomic E-state index is 15.3. The van der Waals surface area contributed by atoms with Crippen molar-refractivity contribution in [1.82, 2.24) is 0 Å². The first-order valence-electron chi connectivity index (χ1n) is 10.9. The van der Waals surface area contributed by atoms with Crippen LogP contribution in [-0.4, -0.2) is 94.7 Å². The number of hydrogen-bond acceptors (Lipinski definition) is 2. The zero-order chi connectivity index (χ0) is 41.4. The minimum absolute atomic E-state index is 0.0127. The highest BCUT2D eigenvalue weighted by Gasteiger charge is 3.07. The Kier molecular flexibility index (Phi) is 9.61. The summed E-state index contributed by atoms with van der Waals surface area (Å²) in [4.78, 5) is 11.0. The number of carbonyl (C=O) groups excluding carboxylic acids is 1. The molecule has 50 heavy (non-hydrogen) atoms. The van der Waals surface area contributed by atoms with Crippen molar-refractivity contribution in [1.29, 1.82) is 0 Å². The topological polar surface area (TPSA) is 26.3 Å². The van der Waals surface area contributed by atoms with E-state index in [4.69, 9.17) is 0 Å². The van der Waals surface area contributed by atoms with E-state index in [1.807, 2.05) is 4.74 Å². The number of ether oxygens (including phenoxy) is 1. The lowest BCUT2D eigenvalue weighted by atomic mass is 9.71. The van der Waals surface area contributed by atoms with Crippen LogP contribution in [0.25, 0.3) is 0 Å². The first-order valence-corrected chi connectivity index (χ1v) is 10.9. The summed E-state index contributed by atoms with van der Waals surface area (Å²) in [5.74, 6) is -135. The molecule has 0 aromatic rings. The molecule has 0 N–H and O–H groups in total. The van der Waals surface area contributed by atoms with Crippen molar-refractivity contribution in [3.8, 4) is 0 Å². The molecule has 0 amide bonds. The van der Waals surface area contributed by atoms with E-state index in [2.05, 4.69) is 6.58 Å². The van der Waals surface area contributed by atoms with Gasteiger partial charge in [-0.15, -0.1) is 0 Å². The van der Waals surface area contributed by atoms with Crippen LogP contribution in [-0.2, 0) is 9.53 Å². The summed E-state index contributed by atoms with van der Waals surface area (Å²) >= 11 is 0. The van der Waals surface area contributed by atoms with Gasteiger partial charge in [-0.2, -0.15) is 123 Å². The summed E-state index contributed by atoms with van der Waals surface area (Å²) in [7, 11) is 0. The molecule has 0 saturated heterocycles. The molecule has 0 radical (unpaired) electrons. The molecule has 0 unspecified atom stereocenters. The van der Waals surface area contributed by atoms with Crippen LogP contribution in [0.2, 0.25) is 0 Å². The number of hydrogen-bond donors (Lipinski definition) is 0. The highest BCUT2D eigenvalue weighted by Crippen LogP contribution is 2.74. The van der Waals surface area contributed by atoms with Gasteiger partial charge in [0.2, 0.25) is 0 Å². The third-order valence-electron chi connectivity index (χ3n) is 6.57. The van der Waals surface area contributed by atoms with Gasteiger partial charge < -0.3 is 4.74 Å². The Morgan fingerprint density at radius 1 is 0.420 bits per heavy atom.